The third kappa shape index (κ3) is 2.56. The smallest absolute Gasteiger partial charge is 0.222 e. The van der Waals surface area contributed by atoms with Gasteiger partial charge >= 0.3 is 0 Å². The van der Waals surface area contributed by atoms with Crippen LogP contribution >= 0.6 is 0 Å². The van der Waals surface area contributed by atoms with Crippen LogP contribution in [0.15, 0.2) is 0 Å². The van der Waals surface area contributed by atoms with E-state index >= 15 is 0 Å². The summed E-state index contributed by atoms with van der Waals surface area (Å²) < 4.78 is 0. The zero-order valence-electron chi connectivity index (χ0n) is 13.9. The summed E-state index contributed by atoms with van der Waals surface area (Å²) in [5, 5.41) is 0. The lowest BCUT2D eigenvalue weighted by atomic mass is 9.75. The normalized spacial score (nSPS) is 24.1. The van der Waals surface area contributed by atoms with Gasteiger partial charge in [-0.2, -0.15) is 4.98 Å². The molecule has 1 aromatic rings. The molecule has 4 N–H and O–H groups in total. The molecule has 0 unspecified atom stereocenters. The second-order valence-corrected chi connectivity index (χ2v) is 6.92. The molecule has 1 fully saturated rings. The molecule has 1 aromatic heterocycles. The molecule has 0 spiro atoms. The molecule has 1 saturated heterocycles. The van der Waals surface area contributed by atoms with Gasteiger partial charge in [-0.15, -0.1) is 0 Å². The Morgan fingerprint density at radius 2 is 2.00 bits per heavy atom. The van der Waals surface area contributed by atoms with Gasteiger partial charge in [0.15, 0.2) is 0 Å². The van der Waals surface area contributed by atoms with E-state index in [2.05, 4.69) is 23.7 Å². The Labute approximate surface area is 133 Å². The summed E-state index contributed by atoms with van der Waals surface area (Å²) in [5.41, 5.74) is 14.9. The van der Waals surface area contributed by atoms with Gasteiger partial charge in [0.1, 0.15) is 5.82 Å². The standard InChI is InChI=1S/C17H29N5/c1-3-17(4-2)9-6-5-7-13-14(17)20-16(19)21-15(13)22-10-8-12(18)11-22/h12H,3-11,18H2,1-2H3,(H2,19,20,21)/t12-/m1/s1. The van der Waals surface area contributed by atoms with Gasteiger partial charge in [-0.25, -0.2) is 4.98 Å². The maximum absolute atomic E-state index is 6.10. The molecule has 22 heavy (non-hydrogen) atoms. The molecule has 2 heterocycles. The van der Waals surface area contributed by atoms with Crippen molar-refractivity contribution in [3.63, 3.8) is 0 Å². The fourth-order valence-electron chi connectivity index (χ4n) is 4.22. The molecule has 0 bridgehead atoms. The van der Waals surface area contributed by atoms with E-state index in [0.717, 1.165) is 44.6 Å². The van der Waals surface area contributed by atoms with Crippen LogP contribution in [0.5, 0.6) is 0 Å². The molecule has 1 aliphatic carbocycles. The monoisotopic (exact) mass is 303 g/mol. The first-order chi connectivity index (χ1) is 10.6. The zero-order chi connectivity index (χ0) is 15.7. The van der Waals surface area contributed by atoms with E-state index < -0.39 is 0 Å². The number of nitrogen functional groups attached to an aromatic ring is 1. The predicted octanol–water partition coefficient (Wildman–Crippen LogP) is 2.38. The van der Waals surface area contributed by atoms with Crippen LogP contribution in [0.25, 0.3) is 0 Å². The third-order valence-electron chi connectivity index (χ3n) is 5.71. The van der Waals surface area contributed by atoms with Crippen LogP contribution in [0, 0.1) is 0 Å². The van der Waals surface area contributed by atoms with Gasteiger partial charge in [-0.1, -0.05) is 20.3 Å². The van der Waals surface area contributed by atoms with Crippen molar-refractivity contribution >= 4 is 11.8 Å². The first-order valence-electron chi connectivity index (χ1n) is 8.77. The van der Waals surface area contributed by atoms with Crippen LogP contribution in [-0.2, 0) is 11.8 Å². The molecular formula is C17H29N5. The van der Waals surface area contributed by atoms with Crippen molar-refractivity contribution in [3.05, 3.63) is 11.3 Å². The number of rotatable bonds is 3. The van der Waals surface area contributed by atoms with E-state index in [1.165, 1.54) is 30.5 Å². The van der Waals surface area contributed by atoms with Crippen molar-refractivity contribution in [2.45, 2.75) is 70.3 Å². The van der Waals surface area contributed by atoms with Crippen molar-refractivity contribution < 1.29 is 0 Å². The number of nitrogens with zero attached hydrogens (tertiary/aromatic N) is 3. The second kappa shape index (κ2) is 6.03. The van der Waals surface area contributed by atoms with Gasteiger partial charge in [-0.05, 0) is 38.5 Å². The van der Waals surface area contributed by atoms with Gasteiger partial charge in [0, 0.05) is 30.1 Å². The van der Waals surface area contributed by atoms with Crippen LogP contribution in [0.2, 0.25) is 0 Å². The highest BCUT2D eigenvalue weighted by Gasteiger charge is 2.36. The molecule has 0 saturated carbocycles. The van der Waals surface area contributed by atoms with Crippen molar-refractivity contribution in [1.29, 1.82) is 0 Å². The highest BCUT2D eigenvalue weighted by Crippen LogP contribution is 2.43. The molecule has 5 heteroatoms. The summed E-state index contributed by atoms with van der Waals surface area (Å²) in [6.07, 6.45) is 8.02. The minimum Gasteiger partial charge on any atom is -0.368 e. The summed E-state index contributed by atoms with van der Waals surface area (Å²) in [5.74, 6) is 1.48. The Kier molecular flexibility index (Phi) is 4.26. The number of hydrogen-bond acceptors (Lipinski definition) is 5. The lowest BCUT2D eigenvalue weighted by Gasteiger charge is -2.33. The van der Waals surface area contributed by atoms with Crippen molar-refractivity contribution in [1.82, 2.24) is 9.97 Å². The fraction of sp³-hybridized carbons (Fsp3) is 0.765. The Hall–Kier alpha value is -1.36. The molecule has 3 rings (SSSR count). The number of fused-ring (bicyclic) bond motifs is 1. The van der Waals surface area contributed by atoms with E-state index in [4.69, 9.17) is 16.5 Å². The van der Waals surface area contributed by atoms with Crippen LogP contribution in [0.4, 0.5) is 11.8 Å². The second-order valence-electron chi connectivity index (χ2n) is 6.92. The van der Waals surface area contributed by atoms with E-state index in [1.54, 1.807) is 0 Å². The average Bonchev–Trinajstić information content (AvgIpc) is 2.86. The van der Waals surface area contributed by atoms with Gasteiger partial charge in [-0.3, -0.25) is 0 Å². The van der Waals surface area contributed by atoms with Crippen LogP contribution in [0.3, 0.4) is 0 Å². The third-order valence-corrected chi connectivity index (χ3v) is 5.71. The van der Waals surface area contributed by atoms with Crippen LogP contribution in [0.1, 0.15) is 63.6 Å². The lowest BCUT2D eigenvalue weighted by Crippen LogP contribution is -2.31. The van der Waals surface area contributed by atoms with Crippen LogP contribution in [-0.4, -0.2) is 29.1 Å². The Morgan fingerprint density at radius 3 is 2.64 bits per heavy atom. The van der Waals surface area contributed by atoms with Crippen molar-refractivity contribution in [2.75, 3.05) is 23.7 Å². The Balaban J connectivity index is 2.12. The van der Waals surface area contributed by atoms with Gasteiger partial charge < -0.3 is 16.4 Å². The van der Waals surface area contributed by atoms with E-state index in [9.17, 15) is 0 Å². The molecule has 2 aliphatic rings. The highest BCUT2D eigenvalue weighted by molar-refractivity contribution is 5.55. The quantitative estimate of drug-likeness (QED) is 0.838. The molecule has 0 radical (unpaired) electrons. The SMILES string of the molecule is CCC1(CC)CCCCc2c(N3CC[C@@H](N)C3)nc(N)nc21. The number of anilines is 2. The minimum atomic E-state index is 0.166. The first kappa shape index (κ1) is 15.5. The number of aromatic nitrogens is 2. The molecule has 0 aromatic carbocycles. The number of nitrogens with two attached hydrogens (primary N) is 2. The van der Waals surface area contributed by atoms with Crippen LogP contribution < -0.4 is 16.4 Å². The van der Waals surface area contributed by atoms with E-state index in [0.29, 0.717) is 5.95 Å². The Morgan fingerprint density at radius 1 is 1.23 bits per heavy atom. The van der Waals surface area contributed by atoms with Gasteiger partial charge in [0.2, 0.25) is 5.95 Å². The van der Waals surface area contributed by atoms with Crippen molar-refractivity contribution in [2.24, 2.45) is 5.73 Å². The molecule has 1 atom stereocenters. The first-order valence-corrected chi connectivity index (χ1v) is 8.77. The fourth-order valence-corrected chi connectivity index (χ4v) is 4.22. The predicted molar refractivity (Wildman–Crippen MR) is 91.1 cm³/mol. The van der Waals surface area contributed by atoms with Gasteiger partial charge in [0.05, 0.1) is 5.69 Å². The molecular weight excluding hydrogens is 274 g/mol. The highest BCUT2D eigenvalue weighted by atomic mass is 15.2. The summed E-state index contributed by atoms with van der Waals surface area (Å²) in [4.78, 5) is 11.7. The lowest BCUT2D eigenvalue weighted by molar-refractivity contribution is 0.351. The topological polar surface area (TPSA) is 81.1 Å². The summed E-state index contributed by atoms with van der Waals surface area (Å²) in [7, 11) is 0. The maximum Gasteiger partial charge on any atom is 0.222 e. The summed E-state index contributed by atoms with van der Waals surface area (Å²) >= 11 is 0. The summed E-state index contributed by atoms with van der Waals surface area (Å²) in [6, 6.07) is 0.250. The van der Waals surface area contributed by atoms with E-state index in [1.807, 2.05) is 0 Å². The number of hydrogen-bond donors (Lipinski definition) is 2. The maximum atomic E-state index is 6.10. The molecule has 5 nitrogen and oxygen atoms in total. The minimum absolute atomic E-state index is 0.166. The van der Waals surface area contributed by atoms with Gasteiger partial charge in [0.25, 0.3) is 0 Å². The summed E-state index contributed by atoms with van der Waals surface area (Å²) in [6.45, 7) is 6.42. The average molecular weight is 303 g/mol. The molecule has 122 valence electrons. The largest absolute Gasteiger partial charge is 0.368 e. The molecule has 1 aliphatic heterocycles. The zero-order valence-corrected chi connectivity index (χ0v) is 13.9. The Bertz CT molecular complexity index is 538. The molecule has 0 amide bonds. The van der Waals surface area contributed by atoms with E-state index in [-0.39, 0.29) is 11.5 Å². The van der Waals surface area contributed by atoms with Crippen molar-refractivity contribution in [3.8, 4) is 0 Å².